The van der Waals surface area contributed by atoms with Gasteiger partial charge in [0, 0.05) is 17.7 Å². The van der Waals surface area contributed by atoms with Gasteiger partial charge in [0.25, 0.3) is 0 Å². The van der Waals surface area contributed by atoms with E-state index in [0.717, 1.165) is 21.3 Å². The number of benzene rings is 1. The number of hydrogen-bond acceptors (Lipinski definition) is 3. The Morgan fingerprint density at radius 2 is 1.58 bits per heavy atom. The SMILES string of the molecule is CCOC(OCC)c1cc(Br)cc(C(C)C)c1OC. The lowest BCUT2D eigenvalue weighted by Gasteiger charge is -2.23. The van der Waals surface area contributed by atoms with Crippen LogP contribution in [-0.2, 0) is 9.47 Å². The first-order valence-corrected chi connectivity index (χ1v) is 7.44. The van der Waals surface area contributed by atoms with Gasteiger partial charge in [-0.05, 0) is 37.5 Å². The lowest BCUT2D eigenvalue weighted by atomic mass is 9.98. The molecule has 0 aliphatic carbocycles. The van der Waals surface area contributed by atoms with E-state index >= 15 is 0 Å². The van der Waals surface area contributed by atoms with Crippen LogP contribution in [0.25, 0.3) is 0 Å². The van der Waals surface area contributed by atoms with Crippen molar-refractivity contribution in [3.05, 3.63) is 27.7 Å². The monoisotopic (exact) mass is 330 g/mol. The summed E-state index contributed by atoms with van der Waals surface area (Å²) in [7, 11) is 1.69. The van der Waals surface area contributed by atoms with Crippen LogP contribution in [-0.4, -0.2) is 20.3 Å². The molecule has 0 aliphatic heterocycles. The molecule has 1 rings (SSSR count). The summed E-state index contributed by atoms with van der Waals surface area (Å²) in [6.45, 7) is 9.39. The summed E-state index contributed by atoms with van der Waals surface area (Å²) in [5.74, 6) is 1.22. The Balaban J connectivity index is 3.29. The molecular weight excluding hydrogens is 308 g/mol. The first kappa shape index (κ1) is 16.5. The van der Waals surface area contributed by atoms with Gasteiger partial charge in [-0.3, -0.25) is 0 Å². The van der Waals surface area contributed by atoms with Crippen LogP contribution in [0.15, 0.2) is 16.6 Å². The molecule has 0 unspecified atom stereocenters. The van der Waals surface area contributed by atoms with E-state index in [0.29, 0.717) is 19.1 Å². The first-order chi connectivity index (χ1) is 9.04. The van der Waals surface area contributed by atoms with Gasteiger partial charge >= 0.3 is 0 Å². The second-order valence-corrected chi connectivity index (χ2v) is 5.43. The largest absolute Gasteiger partial charge is 0.496 e. The number of halogens is 1. The molecule has 0 spiro atoms. The van der Waals surface area contributed by atoms with E-state index in [1.165, 1.54) is 0 Å². The van der Waals surface area contributed by atoms with Crippen molar-refractivity contribution < 1.29 is 14.2 Å². The molecule has 0 saturated carbocycles. The predicted octanol–water partition coefficient (Wildman–Crippen LogP) is 4.65. The first-order valence-electron chi connectivity index (χ1n) is 6.65. The van der Waals surface area contributed by atoms with Crippen molar-refractivity contribution in [1.82, 2.24) is 0 Å². The van der Waals surface area contributed by atoms with Gasteiger partial charge in [0.15, 0.2) is 6.29 Å². The Labute approximate surface area is 124 Å². The molecule has 0 atom stereocenters. The zero-order valence-electron chi connectivity index (χ0n) is 12.3. The molecule has 0 bridgehead atoms. The van der Waals surface area contributed by atoms with Crippen LogP contribution in [0.5, 0.6) is 5.75 Å². The maximum atomic E-state index is 5.68. The molecule has 0 amide bonds. The molecule has 0 saturated heterocycles. The maximum Gasteiger partial charge on any atom is 0.187 e. The molecular formula is C15H23BrO3. The minimum Gasteiger partial charge on any atom is -0.496 e. The fourth-order valence-corrected chi connectivity index (χ4v) is 2.50. The number of rotatable bonds is 7. The van der Waals surface area contributed by atoms with Gasteiger partial charge in [-0.15, -0.1) is 0 Å². The Morgan fingerprint density at radius 1 is 1.05 bits per heavy atom. The quantitative estimate of drug-likeness (QED) is 0.681. The van der Waals surface area contributed by atoms with E-state index < -0.39 is 0 Å². The molecule has 4 heteroatoms. The number of methoxy groups -OCH3 is 1. The molecule has 0 fully saturated rings. The van der Waals surface area contributed by atoms with E-state index in [4.69, 9.17) is 14.2 Å². The van der Waals surface area contributed by atoms with Crippen molar-refractivity contribution in [2.75, 3.05) is 20.3 Å². The van der Waals surface area contributed by atoms with E-state index in [9.17, 15) is 0 Å². The average Bonchev–Trinajstić information content (AvgIpc) is 2.37. The topological polar surface area (TPSA) is 27.7 Å². The van der Waals surface area contributed by atoms with Gasteiger partial charge in [-0.25, -0.2) is 0 Å². The smallest absolute Gasteiger partial charge is 0.187 e. The Hall–Kier alpha value is -0.580. The minimum atomic E-state index is -0.389. The minimum absolute atomic E-state index is 0.370. The second kappa shape index (κ2) is 7.88. The molecule has 108 valence electrons. The van der Waals surface area contributed by atoms with Gasteiger partial charge in [-0.1, -0.05) is 29.8 Å². The van der Waals surface area contributed by atoms with Crippen molar-refractivity contribution >= 4 is 15.9 Å². The van der Waals surface area contributed by atoms with Crippen molar-refractivity contribution in [3.8, 4) is 5.75 Å². The lowest BCUT2D eigenvalue weighted by Crippen LogP contribution is -2.11. The molecule has 0 heterocycles. The third-order valence-electron chi connectivity index (χ3n) is 2.83. The Morgan fingerprint density at radius 3 is 2.00 bits per heavy atom. The molecule has 0 N–H and O–H groups in total. The van der Waals surface area contributed by atoms with Crippen molar-refractivity contribution in [2.45, 2.75) is 39.9 Å². The molecule has 0 aromatic heterocycles. The van der Waals surface area contributed by atoms with E-state index in [2.05, 4.69) is 35.8 Å². The normalized spacial score (nSPS) is 11.4. The average molecular weight is 331 g/mol. The van der Waals surface area contributed by atoms with Crippen LogP contribution < -0.4 is 4.74 Å². The zero-order chi connectivity index (χ0) is 14.4. The number of ether oxygens (including phenoxy) is 3. The van der Waals surface area contributed by atoms with Gasteiger partial charge in [-0.2, -0.15) is 0 Å². The summed E-state index contributed by atoms with van der Waals surface area (Å²) in [5, 5.41) is 0. The Kier molecular flexibility index (Phi) is 6.83. The van der Waals surface area contributed by atoms with E-state index in [1.807, 2.05) is 19.9 Å². The van der Waals surface area contributed by atoms with Crippen LogP contribution in [0.2, 0.25) is 0 Å². The summed E-state index contributed by atoms with van der Waals surface area (Å²) in [6, 6.07) is 4.09. The highest BCUT2D eigenvalue weighted by atomic mass is 79.9. The fraction of sp³-hybridized carbons (Fsp3) is 0.600. The van der Waals surface area contributed by atoms with Crippen LogP contribution in [0.3, 0.4) is 0 Å². The Bertz CT molecular complexity index is 399. The third-order valence-corrected chi connectivity index (χ3v) is 3.29. The van der Waals surface area contributed by atoms with Crippen LogP contribution in [0, 0.1) is 0 Å². The van der Waals surface area contributed by atoms with Crippen molar-refractivity contribution in [2.24, 2.45) is 0 Å². The zero-order valence-corrected chi connectivity index (χ0v) is 13.9. The lowest BCUT2D eigenvalue weighted by molar-refractivity contribution is -0.141. The summed E-state index contributed by atoms with van der Waals surface area (Å²) in [4.78, 5) is 0. The molecule has 19 heavy (non-hydrogen) atoms. The highest BCUT2D eigenvalue weighted by Crippen LogP contribution is 2.38. The van der Waals surface area contributed by atoms with Crippen molar-refractivity contribution in [3.63, 3.8) is 0 Å². The molecule has 1 aromatic carbocycles. The van der Waals surface area contributed by atoms with Gasteiger partial charge in [0.1, 0.15) is 5.75 Å². The summed E-state index contributed by atoms with van der Waals surface area (Å²) in [5.41, 5.74) is 2.08. The standard InChI is InChI=1S/C15H23BrO3/c1-6-18-15(19-7-2)13-9-11(16)8-12(10(3)4)14(13)17-5/h8-10,15H,6-7H2,1-5H3. The number of hydrogen-bond donors (Lipinski definition) is 0. The summed E-state index contributed by atoms with van der Waals surface area (Å²) >= 11 is 3.55. The van der Waals surface area contributed by atoms with Gasteiger partial charge in [0.05, 0.1) is 12.7 Å². The van der Waals surface area contributed by atoms with E-state index in [-0.39, 0.29) is 6.29 Å². The highest BCUT2D eigenvalue weighted by Gasteiger charge is 2.21. The summed E-state index contributed by atoms with van der Waals surface area (Å²) < 4.78 is 18.0. The summed E-state index contributed by atoms with van der Waals surface area (Å²) in [6.07, 6.45) is -0.389. The third kappa shape index (κ3) is 4.20. The van der Waals surface area contributed by atoms with Gasteiger partial charge in [0.2, 0.25) is 0 Å². The molecule has 1 aromatic rings. The van der Waals surface area contributed by atoms with Crippen LogP contribution in [0.1, 0.15) is 51.0 Å². The molecule has 0 radical (unpaired) electrons. The van der Waals surface area contributed by atoms with Crippen LogP contribution in [0.4, 0.5) is 0 Å². The fourth-order valence-electron chi connectivity index (χ4n) is 2.01. The highest BCUT2D eigenvalue weighted by molar-refractivity contribution is 9.10. The predicted molar refractivity (Wildman–Crippen MR) is 80.8 cm³/mol. The van der Waals surface area contributed by atoms with Crippen molar-refractivity contribution in [1.29, 1.82) is 0 Å². The van der Waals surface area contributed by atoms with E-state index in [1.54, 1.807) is 7.11 Å². The molecule has 3 nitrogen and oxygen atoms in total. The maximum absolute atomic E-state index is 5.68. The molecule has 0 aliphatic rings. The van der Waals surface area contributed by atoms with Gasteiger partial charge < -0.3 is 14.2 Å². The van der Waals surface area contributed by atoms with Crippen LogP contribution >= 0.6 is 15.9 Å². The second-order valence-electron chi connectivity index (χ2n) is 4.51.